The number of hydrogen-bond donors (Lipinski definition) is 0. The molecule has 1 aromatic carbocycles. The molecule has 0 N–H and O–H groups in total. The van der Waals surface area contributed by atoms with Crippen molar-refractivity contribution in [3.05, 3.63) is 65.6 Å². The number of hydrogen-bond acceptors (Lipinski definition) is 5. The van der Waals surface area contributed by atoms with E-state index in [0.717, 1.165) is 5.56 Å². The van der Waals surface area contributed by atoms with E-state index in [1.807, 2.05) is 60.5 Å². The van der Waals surface area contributed by atoms with Crippen LogP contribution in [0.1, 0.15) is 23.8 Å². The Kier molecular flexibility index (Phi) is 4.00. The lowest BCUT2D eigenvalue weighted by Crippen LogP contribution is -2.37. The van der Waals surface area contributed by atoms with Gasteiger partial charge in [-0.05, 0) is 12.1 Å². The van der Waals surface area contributed by atoms with Gasteiger partial charge >= 0.3 is 0 Å². The van der Waals surface area contributed by atoms with Crippen molar-refractivity contribution in [3.63, 3.8) is 0 Å². The molecule has 5 nitrogen and oxygen atoms in total. The first-order valence-electron chi connectivity index (χ1n) is 7.36. The van der Waals surface area contributed by atoms with E-state index in [1.165, 1.54) is 0 Å². The Morgan fingerprint density at radius 3 is 2.52 bits per heavy atom. The number of furan rings is 1. The van der Waals surface area contributed by atoms with Crippen molar-refractivity contribution in [1.82, 2.24) is 10.0 Å². The van der Waals surface area contributed by atoms with Gasteiger partial charge in [0, 0.05) is 26.1 Å². The summed E-state index contributed by atoms with van der Waals surface area (Å²) in [5.74, 6) is 0.531. The van der Waals surface area contributed by atoms with Crippen LogP contribution in [-0.4, -0.2) is 29.9 Å². The van der Waals surface area contributed by atoms with E-state index in [4.69, 9.17) is 4.42 Å². The Morgan fingerprint density at radius 2 is 1.91 bits per heavy atom. The zero-order valence-corrected chi connectivity index (χ0v) is 13.1. The van der Waals surface area contributed by atoms with Crippen LogP contribution < -0.4 is 0 Å². The Hall–Kier alpha value is -2.84. The maximum absolute atomic E-state index is 12.7. The number of hydrazine groups is 1. The van der Waals surface area contributed by atoms with Crippen LogP contribution in [0.2, 0.25) is 0 Å². The topological polar surface area (TPSA) is 60.5 Å². The molecule has 1 aliphatic heterocycles. The minimum atomic E-state index is -0.243. The van der Waals surface area contributed by atoms with Crippen LogP contribution in [0.25, 0.3) is 5.70 Å². The number of nitriles is 1. The van der Waals surface area contributed by atoms with E-state index in [-0.39, 0.29) is 23.8 Å². The molecule has 5 heteroatoms. The molecule has 0 fully saturated rings. The highest BCUT2D eigenvalue weighted by Crippen LogP contribution is 2.35. The molecule has 0 bridgehead atoms. The quantitative estimate of drug-likeness (QED) is 0.853. The largest absolute Gasteiger partial charge is 0.468 e. The van der Waals surface area contributed by atoms with Crippen LogP contribution in [0.15, 0.2) is 58.7 Å². The number of Topliss-reactive ketones (excluding diaryl/α,β-unsaturated/α-hetero) is 1. The number of nitrogens with zero attached hydrogens (tertiary/aromatic N) is 3. The van der Waals surface area contributed by atoms with E-state index < -0.39 is 0 Å². The number of carbonyl (C=O) groups is 1. The third kappa shape index (κ3) is 2.65. The lowest BCUT2D eigenvalue weighted by atomic mass is 10.00. The number of ketones is 1. The van der Waals surface area contributed by atoms with Crippen molar-refractivity contribution < 1.29 is 9.21 Å². The number of allylic oxidation sites excluding steroid dienone is 1. The van der Waals surface area contributed by atoms with Crippen LogP contribution >= 0.6 is 0 Å². The summed E-state index contributed by atoms with van der Waals surface area (Å²) >= 11 is 0. The summed E-state index contributed by atoms with van der Waals surface area (Å²) in [5.41, 5.74) is 1.64. The van der Waals surface area contributed by atoms with E-state index in [0.29, 0.717) is 11.5 Å². The van der Waals surface area contributed by atoms with Crippen molar-refractivity contribution in [1.29, 1.82) is 5.26 Å². The molecule has 0 unspecified atom stereocenters. The molecule has 0 spiro atoms. The summed E-state index contributed by atoms with van der Waals surface area (Å²) in [5, 5.41) is 13.3. The monoisotopic (exact) mass is 307 g/mol. The zero-order chi connectivity index (χ0) is 16.4. The van der Waals surface area contributed by atoms with Gasteiger partial charge in [-0.25, -0.2) is 5.01 Å². The third-order valence-electron chi connectivity index (χ3n) is 4.17. The minimum Gasteiger partial charge on any atom is -0.468 e. The van der Waals surface area contributed by atoms with Crippen molar-refractivity contribution in [2.24, 2.45) is 0 Å². The van der Waals surface area contributed by atoms with Crippen LogP contribution in [0.4, 0.5) is 0 Å². The fourth-order valence-corrected chi connectivity index (χ4v) is 2.88. The normalized spacial score (nSPS) is 19.6. The van der Waals surface area contributed by atoms with Crippen LogP contribution in [-0.2, 0) is 4.79 Å². The molecule has 116 valence electrons. The highest BCUT2D eigenvalue weighted by molar-refractivity contribution is 6.06. The van der Waals surface area contributed by atoms with Gasteiger partial charge in [-0.1, -0.05) is 30.3 Å². The first kappa shape index (κ1) is 15.1. The predicted octanol–water partition coefficient (Wildman–Crippen LogP) is 3.01. The number of carbonyl (C=O) groups excluding carboxylic acids is 1. The second kappa shape index (κ2) is 6.11. The fourth-order valence-electron chi connectivity index (χ4n) is 2.88. The van der Waals surface area contributed by atoms with Crippen LogP contribution in [0.3, 0.4) is 0 Å². The standard InChI is InChI=1S/C18H17N3O2/c1-20-15(17-9-6-10-23-17)11-16(22)14(12-19)18(21(20)2)13-7-4-3-5-8-13/h3-10,15H,11H2,1-2H3/t15-/m0/s1. The molecule has 0 saturated heterocycles. The first-order chi connectivity index (χ1) is 11.1. The summed E-state index contributed by atoms with van der Waals surface area (Å²) < 4.78 is 5.48. The van der Waals surface area contributed by atoms with Gasteiger partial charge in [0.05, 0.1) is 18.0 Å². The van der Waals surface area contributed by atoms with Crippen LogP contribution in [0.5, 0.6) is 0 Å². The molecule has 0 saturated carbocycles. The second-order valence-electron chi connectivity index (χ2n) is 5.46. The summed E-state index contributed by atoms with van der Waals surface area (Å²) in [4.78, 5) is 12.7. The van der Waals surface area contributed by atoms with Gasteiger partial charge in [0.2, 0.25) is 0 Å². The van der Waals surface area contributed by atoms with Gasteiger partial charge < -0.3 is 9.43 Å². The summed E-state index contributed by atoms with van der Waals surface area (Å²) in [7, 11) is 3.75. The van der Waals surface area contributed by atoms with Gasteiger partial charge in [-0.15, -0.1) is 0 Å². The molecular weight excluding hydrogens is 290 g/mol. The van der Waals surface area contributed by atoms with Gasteiger partial charge in [-0.3, -0.25) is 4.79 Å². The average Bonchev–Trinajstić information content (AvgIpc) is 3.08. The lowest BCUT2D eigenvalue weighted by molar-refractivity contribution is -0.116. The van der Waals surface area contributed by atoms with E-state index in [2.05, 4.69) is 6.07 Å². The van der Waals surface area contributed by atoms with Gasteiger partial charge in [0.1, 0.15) is 17.4 Å². The molecule has 0 amide bonds. The lowest BCUT2D eigenvalue weighted by Gasteiger charge is -2.35. The Morgan fingerprint density at radius 1 is 1.17 bits per heavy atom. The highest BCUT2D eigenvalue weighted by Gasteiger charge is 2.34. The molecule has 3 rings (SSSR count). The molecule has 2 aromatic rings. The molecule has 0 radical (unpaired) electrons. The molecule has 0 aliphatic carbocycles. The maximum Gasteiger partial charge on any atom is 0.177 e. The van der Waals surface area contributed by atoms with Crippen molar-refractivity contribution in [2.45, 2.75) is 12.5 Å². The zero-order valence-electron chi connectivity index (χ0n) is 13.1. The number of rotatable bonds is 2. The molecule has 1 atom stereocenters. The molecular formula is C18H17N3O2. The van der Waals surface area contributed by atoms with E-state index in [1.54, 1.807) is 12.3 Å². The number of benzene rings is 1. The first-order valence-corrected chi connectivity index (χ1v) is 7.36. The molecule has 2 heterocycles. The van der Waals surface area contributed by atoms with Crippen molar-refractivity contribution in [2.75, 3.05) is 14.1 Å². The van der Waals surface area contributed by atoms with Gasteiger partial charge in [0.15, 0.2) is 5.78 Å². The summed E-state index contributed by atoms with van der Waals surface area (Å²) in [6, 6.07) is 15.0. The van der Waals surface area contributed by atoms with E-state index >= 15 is 0 Å². The Balaban J connectivity index is 2.11. The third-order valence-corrected chi connectivity index (χ3v) is 4.17. The SMILES string of the molecule is CN1C(c2ccccc2)=C(C#N)C(=O)C[C@@H](c2ccco2)N1C. The molecule has 1 aliphatic rings. The maximum atomic E-state index is 12.7. The van der Waals surface area contributed by atoms with E-state index in [9.17, 15) is 10.1 Å². The summed E-state index contributed by atoms with van der Waals surface area (Å²) in [6.07, 6.45) is 1.79. The molecule has 23 heavy (non-hydrogen) atoms. The summed E-state index contributed by atoms with van der Waals surface area (Å²) in [6.45, 7) is 0. The van der Waals surface area contributed by atoms with Crippen molar-refractivity contribution in [3.8, 4) is 6.07 Å². The predicted molar refractivity (Wildman–Crippen MR) is 85.6 cm³/mol. The smallest absolute Gasteiger partial charge is 0.177 e. The minimum absolute atomic E-state index is 0.177. The molecule has 1 aromatic heterocycles. The van der Waals surface area contributed by atoms with Gasteiger partial charge in [-0.2, -0.15) is 5.26 Å². The fraction of sp³-hybridized carbons (Fsp3) is 0.222. The Bertz CT molecular complexity index is 772. The second-order valence-corrected chi connectivity index (χ2v) is 5.46. The van der Waals surface area contributed by atoms with Crippen LogP contribution in [0, 0.1) is 11.3 Å². The Labute approximate surface area is 135 Å². The highest BCUT2D eigenvalue weighted by atomic mass is 16.3. The average molecular weight is 307 g/mol. The van der Waals surface area contributed by atoms with Crippen molar-refractivity contribution >= 4 is 11.5 Å². The van der Waals surface area contributed by atoms with Gasteiger partial charge in [0.25, 0.3) is 0 Å².